The van der Waals surface area contributed by atoms with Gasteiger partial charge < -0.3 is 10.4 Å². The molecule has 0 aromatic heterocycles. The number of sulfonamides is 2. The standard InChI is InChI=1S/C21H21N3O7S2/c22-32(28,29)17-3-1-2-15(11-17)24-33(30,31)16-8-6-14(7-9-16)23-20(25)18-12-4-5-13(10-12)19(18)21(26)27/h1-9,11-13,18-19,24H,10H2,(H,23,25)(H,26,27)(H2,22,28,29)/t12-,13+,18-,19+/m1/s1. The summed E-state index contributed by atoms with van der Waals surface area (Å²) in [6.45, 7) is 0. The topological polar surface area (TPSA) is 173 Å². The first-order valence-electron chi connectivity index (χ1n) is 9.93. The summed E-state index contributed by atoms with van der Waals surface area (Å²) < 4.78 is 50.5. The zero-order valence-corrected chi connectivity index (χ0v) is 18.7. The average molecular weight is 492 g/mol. The van der Waals surface area contributed by atoms with Gasteiger partial charge in [-0.2, -0.15) is 0 Å². The summed E-state index contributed by atoms with van der Waals surface area (Å²) in [4.78, 5) is 24.0. The van der Waals surface area contributed by atoms with Crippen molar-refractivity contribution in [2.75, 3.05) is 10.0 Å². The van der Waals surface area contributed by atoms with Gasteiger partial charge in [0.25, 0.3) is 10.0 Å². The van der Waals surface area contributed by atoms with E-state index in [2.05, 4.69) is 10.0 Å². The maximum atomic E-state index is 12.8. The highest BCUT2D eigenvalue weighted by Gasteiger charge is 2.51. The molecule has 33 heavy (non-hydrogen) atoms. The third-order valence-corrected chi connectivity index (χ3v) is 8.20. The van der Waals surface area contributed by atoms with Gasteiger partial charge in [0, 0.05) is 5.69 Å². The Bertz CT molecular complexity index is 1350. The van der Waals surface area contributed by atoms with Gasteiger partial charge in [-0.25, -0.2) is 22.0 Å². The van der Waals surface area contributed by atoms with Crippen LogP contribution in [0.1, 0.15) is 6.42 Å². The molecule has 0 heterocycles. The number of hydrogen-bond acceptors (Lipinski definition) is 6. The highest BCUT2D eigenvalue weighted by atomic mass is 32.2. The van der Waals surface area contributed by atoms with E-state index >= 15 is 0 Å². The Kier molecular flexibility index (Phi) is 5.76. The van der Waals surface area contributed by atoms with Crippen LogP contribution in [0.4, 0.5) is 11.4 Å². The molecule has 2 aliphatic rings. The fourth-order valence-corrected chi connectivity index (χ4v) is 6.02. The van der Waals surface area contributed by atoms with E-state index < -0.39 is 43.8 Å². The highest BCUT2D eigenvalue weighted by Crippen LogP contribution is 2.48. The lowest BCUT2D eigenvalue weighted by Crippen LogP contribution is -2.36. The number of nitrogens with two attached hydrogens (primary N) is 1. The number of benzene rings is 2. The molecule has 2 aliphatic carbocycles. The summed E-state index contributed by atoms with van der Waals surface area (Å²) in [7, 11) is -8.05. The van der Waals surface area contributed by atoms with Crippen molar-refractivity contribution < 1.29 is 31.5 Å². The van der Waals surface area contributed by atoms with Crippen molar-refractivity contribution in [3.63, 3.8) is 0 Å². The van der Waals surface area contributed by atoms with Gasteiger partial charge in [-0.05, 0) is 60.7 Å². The van der Waals surface area contributed by atoms with Crippen LogP contribution in [-0.2, 0) is 29.6 Å². The molecule has 10 nitrogen and oxygen atoms in total. The lowest BCUT2D eigenvalue weighted by atomic mass is 9.82. The van der Waals surface area contributed by atoms with Crippen LogP contribution in [0.3, 0.4) is 0 Å². The first kappa shape index (κ1) is 23.0. The number of carbonyl (C=O) groups is 2. The quantitative estimate of drug-likeness (QED) is 0.426. The number of hydrogen-bond donors (Lipinski definition) is 4. The molecule has 0 radical (unpaired) electrons. The second-order valence-electron chi connectivity index (χ2n) is 8.03. The van der Waals surface area contributed by atoms with Crippen LogP contribution in [0.5, 0.6) is 0 Å². The fourth-order valence-electron chi connectivity index (χ4n) is 4.41. The summed E-state index contributed by atoms with van der Waals surface area (Å²) in [6.07, 6.45) is 4.35. The van der Waals surface area contributed by atoms with Crippen molar-refractivity contribution in [3.8, 4) is 0 Å². The zero-order chi connectivity index (χ0) is 24.0. The molecule has 1 saturated carbocycles. The molecule has 1 fully saturated rings. The summed E-state index contributed by atoms with van der Waals surface area (Å²) >= 11 is 0. The lowest BCUT2D eigenvalue weighted by Gasteiger charge is -2.23. The number of nitrogens with one attached hydrogen (secondary N) is 2. The number of carbonyl (C=O) groups excluding carboxylic acids is 1. The van der Waals surface area contributed by atoms with Crippen LogP contribution in [0.15, 0.2) is 70.5 Å². The van der Waals surface area contributed by atoms with Gasteiger partial charge >= 0.3 is 5.97 Å². The molecule has 2 bridgehead atoms. The summed E-state index contributed by atoms with van der Waals surface area (Å²) in [6, 6.07) is 10.4. The molecular formula is C21H21N3O7S2. The molecule has 4 rings (SSSR count). The Balaban J connectivity index is 1.47. The van der Waals surface area contributed by atoms with E-state index in [1.165, 1.54) is 42.5 Å². The smallest absolute Gasteiger partial charge is 0.307 e. The average Bonchev–Trinajstić information content (AvgIpc) is 3.35. The number of carboxylic acids is 1. The predicted molar refractivity (Wildman–Crippen MR) is 119 cm³/mol. The second kappa shape index (κ2) is 8.28. The van der Waals surface area contributed by atoms with Gasteiger partial charge in [0.15, 0.2) is 0 Å². The largest absolute Gasteiger partial charge is 0.481 e. The van der Waals surface area contributed by atoms with Crippen molar-refractivity contribution in [2.24, 2.45) is 28.8 Å². The molecule has 4 atom stereocenters. The summed E-state index contributed by atoms with van der Waals surface area (Å²) in [5.41, 5.74) is 0.342. The van der Waals surface area contributed by atoms with E-state index in [9.17, 15) is 31.5 Å². The number of amides is 1. The van der Waals surface area contributed by atoms with Crippen molar-refractivity contribution in [1.82, 2.24) is 0 Å². The third kappa shape index (κ3) is 4.63. The van der Waals surface area contributed by atoms with Crippen LogP contribution in [0.25, 0.3) is 0 Å². The minimum absolute atomic E-state index is 0.0166. The Morgan fingerprint density at radius 3 is 2.12 bits per heavy atom. The molecule has 5 N–H and O–H groups in total. The minimum Gasteiger partial charge on any atom is -0.481 e. The van der Waals surface area contributed by atoms with Gasteiger partial charge in [-0.15, -0.1) is 0 Å². The Hall–Kier alpha value is -3.22. The molecule has 0 spiro atoms. The van der Waals surface area contributed by atoms with E-state index in [1.54, 1.807) is 0 Å². The summed E-state index contributed by atoms with van der Waals surface area (Å²) in [5.74, 6) is -3.19. The van der Waals surface area contributed by atoms with Crippen molar-refractivity contribution in [1.29, 1.82) is 0 Å². The van der Waals surface area contributed by atoms with Crippen molar-refractivity contribution in [3.05, 3.63) is 60.7 Å². The SMILES string of the molecule is NS(=O)(=O)c1cccc(NS(=O)(=O)c2ccc(NC(=O)[C@H]3[C@@H](C(=O)O)[C@H]4C=C[C@@H]3C4)cc2)c1. The van der Waals surface area contributed by atoms with Gasteiger partial charge in [0.05, 0.1) is 27.3 Å². The molecule has 2 aromatic carbocycles. The van der Waals surface area contributed by atoms with Gasteiger partial charge in [0.2, 0.25) is 15.9 Å². The lowest BCUT2D eigenvalue weighted by molar-refractivity contribution is -0.146. The highest BCUT2D eigenvalue weighted by molar-refractivity contribution is 7.92. The van der Waals surface area contributed by atoms with Crippen LogP contribution in [0.2, 0.25) is 0 Å². The number of fused-ring (bicyclic) bond motifs is 2. The van der Waals surface area contributed by atoms with Gasteiger partial charge in [-0.1, -0.05) is 18.2 Å². The minimum atomic E-state index is -4.05. The maximum Gasteiger partial charge on any atom is 0.307 e. The van der Waals surface area contributed by atoms with Gasteiger partial charge in [-0.3, -0.25) is 14.3 Å². The first-order chi connectivity index (χ1) is 15.5. The van der Waals surface area contributed by atoms with E-state index in [0.717, 1.165) is 6.07 Å². The fraction of sp³-hybridized carbons (Fsp3) is 0.238. The Labute approximate surface area is 190 Å². The predicted octanol–water partition coefficient (Wildman–Crippen LogP) is 1.60. The van der Waals surface area contributed by atoms with E-state index in [4.69, 9.17) is 5.14 Å². The molecule has 1 amide bonds. The molecule has 174 valence electrons. The molecule has 12 heteroatoms. The zero-order valence-electron chi connectivity index (χ0n) is 17.1. The van der Waals surface area contributed by atoms with E-state index in [0.29, 0.717) is 12.1 Å². The van der Waals surface area contributed by atoms with Crippen molar-refractivity contribution >= 4 is 43.3 Å². The Morgan fingerprint density at radius 1 is 0.879 bits per heavy atom. The first-order valence-corrected chi connectivity index (χ1v) is 13.0. The van der Waals surface area contributed by atoms with E-state index in [-0.39, 0.29) is 27.3 Å². The monoisotopic (exact) mass is 491 g/mol. The number of carboxylic acid groups (broad SMARTS) is 1. The molecule has 0 unspecified atom stereocenters. The third-order valence-electron chi connectivity index (χ3n) is 5.89. The normalized spacial score (nSPS) is 23.9. The van der Waals surface area contributed by atoms with Crippen LogP contribution < -0.4 is 15.2 Å². The molecule has 0 saturated heterocycles. The number of allylic oxidation sites excluding steroid dienone is 2. The van der Waals surface area contributed by atoms with Crippen molar-refractivity contribution in [2.45, 2.75) is 16.2 Å². The second-order valence-corrected chi connectivity index (χ2v) is 11.3. The maximum absolute atomic E-state index is 12.8. The van der Waals surface area contributed by atoms with Crippen LogP contribution in [-0.4, -0.2) is 33.8 Å². The molecule has 2 aromatic rings. The molecule has 0 aliphatic heterocycles. The number of anilines is 2. The van der Waals surface area contributed by atoms with Gasteiger partial charge in [0.1, 0.15) is 0 Å². The van der Waals surface area contributed by atoms with Crippen LogP contribution in [0, 0.1) is 23.7 Å². The number of primary sulfonamides is 1. The summed E-state index contributed by atoms with van der Waals surface area (Å²) in [5, 5.41) is 17.2. The van der Waals surface area contributed by atoms with E-state index in [1.807, 2.05) is 12.2 Å². The van der Waals surface area contributed by atoms with Crippen LogP contribution >= 0.6 is 0 Å². The Morgan fingerprint density at radius 2 is 1.52 bits per heavy atom. The number of aliphatic carboxylic acids is 1. The number of rotatable bonds is 7. The molecular weight excluding hydrogens is 470 g/mol.